The number of amides is 1. The number of hydrogen-bond acceptors (Lipinski definition) is 3. The molecule has 0 radical (unpaired) electrons. The van der Waals surface area contributed by atoms with Crippen molar-refractivity contribution in [3.8, 4) is 5.69 Å². The molecule has 1 amide bonds. The Kier molecular flexibility index (Phi) is 5.49. The van der Waals surface area contributed by atoms with Gasteiger partial charge in [-0.25, -0.2) is 9.67 Å². The van der Waals surface area contributed by atoms with Crippen LogP contribution in [0.3, 0.4) is 0 Å². The van der Waals surface area contributed by atoms with Gasteiger partial charge in [-0.05, 0) is 17.7 Å². The molecule has 2 heterocycles. The van der Waals surface area contributed by atoms with Crippen LogP contribution in [-0.2, 0) is 6.54 Å². The van der Waals surface area contributed by atoms with Crippen molar-refractivity contribution in [1.29, 1.82) is 0 Å². The first kappa shape index (κ1) is 18.0. The van der Waals surface area contributed by atoms with E-state index in [0.717, 1.165) is 11.3 Å². The molecule has 0 fully saturated rings. The molecular formula is C16H10Cl4N4O. The second-order valence-electron chi connectivity index (χ2n) is 4.96. The molecule has 3 aromatic rings. The number of nitrogens with zero attached hydrogens (tertiary/aromatic N) is 3. The highest BCUT2D eigenvalue weighted by Gasteiger charge is 2.20. The van der Waals surface area contributed by atoms with Crippen molar-refractivity contribution in [2.45, 2.75) is 6.54 Å². The van der Waals surface area contributed by atoms with Gasteiger partial charge >= 0.3 is 0 Å². The number of nitrogens with one attached hydrogen (secondary N) is 1. The van der Waals surface area contributed by atoms with Gasteiger partial charge in [0.05, 0.1) is 20.8 Å². The molecule has 1 aromatic carbocycles. The molecule has 0 unspecified atom stereocenters. The van der Waals surface area contributed by atoms with Crippen molar-refractivity contribution < 1.29 is 4.79 Å². The summed E-state index contributed by atoms with van der Waals surface area (Å²) in [5.74, 6) is -0.513. The highest BCUT2D eigenvalue weighted by Crippen LogP contribution is 2.36. The molecule has 0 spiro atoms. The maximum atomic E-state index is 12.4. The van der Waals surface area contributed by atoms with E-state index in [1.807, 2.05) is 36.5 Å². The molecule has 25 heavy (non-hydrogen) atoms. The molecule has 2 aromatic heterocycles. The van der Waals surface area contributed by atoms with E-state index in [-0.39, 0.29) is 32.5 Å². The number of hydrogen-bond donors (Lipinski definition) is 1. The van der Waals surface area contributed by atoms with Crippen LogP contribution in [0.5, 0.6) is 0 Å². The topological polar surface area (TPSA) is 59.8 Å². The number of halogens is 4. The molecule has 0 atom stereocenters. The van der Waals surface area contributed by atoms with E-state index in [0.29, 0.717) is 0 Å². The Bertz CT molecular complexity index is 928. The standard InChI is InChI=1S/C16H10Cl4N4O/c17-11-12(18)14(23-15(20)13(11)19)16(25)21-8-9-4-1-2-5-10(9)24-7-3-6-22-24/h1-7H,8H2,(H,21,25). The molecule has 9 heteroatoms. The number of pyridine rings is 1. The lowest BCUT2D eigenvalue weighted by molar-refractivity contribution is 0.0946. The number of aromatic nitrogens is 3. The van der Waals surface area contributed by atoms with E-state index in [1.165, 1.54) is 0 Å². The summed E-state index contributed by atoms with van der Waals surface area (Å²) in [5.41, 5.74) is 1.62. The van der Waals surface area contributed by atoms with Crippen LogP contribution in [-0.4, -0.2) is 20.7 Å². The third kappa shape index (κ3) is 3.75. The van der Waals surface area contributed by atoms with Crippen molar-refractivity contribution in [3.05, 3.63) is 74.2 Å². The van der Waals surface area contributed by atoms with Crippen molar-refractivity contribution in [2.24, 2.45) is 0 Å². The Hall–Kier alpha value is -1.79. The maximum absolute atomic E-state index is 12.4. The van der Waals surface area contributed by atoms with Crippen LogP contribution in [0.1, 0.15) is 16.1 Å². The highest BCUT2D eigenvalue weighted by molar-refractivity contribution is 6.52. The van der Waals surface area contributed by atoms with Crippen LogP contribution >= 0.6 is 46.4 Å². The molecule has 1 N–H and O–H groups in total. The Morgan fingerprint density at radius 1 is 1.04 bits per heavy atom. The summed E-state index contributed by atoms with van der Waals surface area (Å²) in [6, 6.07) is 9.36. The Labute approximate surface area is 163 Å². The first-order valence-corrected chi connectivity index (χ1v) is 8.56. The summed E-state index contributed by atoms with van der Waals surface area (Å²) in [4.78, 5) is 16.3. The van der Waals surface area contributed by atoms with Gasteiger partial charge in [-0.1, -0.05) is 64.6 Å². The largest absolute Gasteiger partial charge is 0.346 e. The predicted molar refractivity (Wildman–Crippen MR) is 99.0 cm³/mol. The van der Waals surface area contributed by atoms with E-state index < -0.39 is 5.91 Å². The van der Waals surface area contributed by atoms with Crippen LogP contribution in [0.4, 0.5) is 0 Å². The minimum absolute atomic E-state index is 0.00825. The molecule has 0 aliphatic heterocycles. The van der Waals surface area contributed by atoms with E-state index in [1.54, 1.807) is 10.9 Å². The van der Waals surface area contributed by atoms with Gasteiger partial charge in [0.1, 0.15) is 10.8 Å². The lowest BCUT2D eigenvalue weighted by Gasteiger charge is -2.12. The van der Waals surface area contributed by atoms with Crippen LogP contribution in [0.25, 0.3) is 5.69 Å². The monoisotopic (exact) mass is 414 g/mol. The van der Waals surface area contributed by atoms with Gasteiger partial charge in [-0.2, -0.15) is 5.10 Å². The van der Waals surface area contributed by atoms with Gasteiger partial charge in [0.15, 0.2) is 0 Å². The Balaban J connectivity index is 1.83. The van der Waals surface area contributed by atoms with Crippen molar-refractivity contribution >= 4 is 52.3 Å². The second-order valence-corrected chi connectivity index (χ2v) is 6.45. The number of benzene rings is 1. The van der Waals surface area contributed by atoms with Gasteiger partial charge in [-0.15, -0.1) is 0 Å². The van der Waals surface area contributed by atoms with E-state index in [4.69, 9.17) is 46.4 Å². The minimum atomic E-state index is -0.513. The highest BCUT2D eigenvalue weighted by atomic mass is 35.5. The zero-order valence-corrected chi connectivity index (χ0v) is 15.5. The van der Waals surface area contributed by atoms with E-state index >= 15 is 0 Å². The minimum Gasteiger partial charge on any atom is -0.346 e. The molecule has 0 saturated carbocycles. The van der Waals surface area contributed by atoms with Gasteiger partial charge in [0, 0.05) is 18.9 Å². The Morgan fingerprint density at radius 3 is 2.52 bits per heavy atom. The third-order valence-corrected chi connectivity index (χ3v) is 5.06. The fraction of sp³-hybridized carbons (Fsp3) is 0.0625. The number of para-hydroxylation sites is 1. The molecule has 5 nitrogen and oxygen atoms in total. The summed E-state index contributed by atoms with van der Waals surface area (Å²) in [5, 5.41) is 6.81. The van der Waals surface area contributed by atoms with Gasteiger partial charge < -0.3 is 5.32 Å². The average molecular weight is 416 g/mol. The quantitative estimate of drug-likeness (QED) is 0.622. The van der Waals surface area contributed by atoms with Crippen LogP contribution < -0.4 is 5.32 Å². The first-order chi connectivity index (χ1) is 12.0. The first-order valence-electron chi connectivity index (χ1n) is 7.05. The molecular weight excluding hydrogens is 406 g/mol. The van der Waals surface area contributed by atoms with Crippen LogP contribution in [0, 0.1) is 0 Å². The molecule has 3 rings (SSSR count). The van der Waals surface area contributed by atoms with Gasteiger partial charge in [-0.3, -0.25) is 4.79 Å². The number of carbonyl (C=O) groups excluding carboxylic acids is 1. The average Bonchev–Trinajstić information content (AvgIpc) is 3.15. The second kappa shape index (κ2) is 7.62. The normalized spacial score (nSPS) is 10.7. The van der Waals surface area contributed by atoms with Gasteiger partial charge in [0.25, 0.3) is 5.91 Å². The lowest BCUT2D eigenvalue weighted by atomic mass is 10.1. The van der Waals surface area contributed by atoms with E-state index in [2.05, 4.69) is 15.4 Å². The predicted octanol–water partition coefficient (Wildman–Crippen LogP) is 4.81. The number of rotatable bonds is 4. The molecule has 0 aliphatic carbocycles. The van der Waals surface area contributed by atoms with Crippen molar-refractivity contribution in [1.82, 2.24) is 20.1 Å². The summed E-state index contributed by atoms with van der Waals surface area (Å²) in [6.45, 7) is 0.241. The molecule has 0 aliphatic rings. The molecule has 0 bridgehead atoms. The van der Waals surface area contributed by atoms with Crippen LogP contribution in [0.15, 0.2) is 42.7 Å². The van der Waals surface area contributed by atoms with Crippen LogP contribution in [0.2, 0.25) is 20.2 Å². The maximum Gasteiger partial charge on any atom is 0.271 e. The summed E-state index contributed by atoms with van der Waals surface area (Å²) >= 11 is 23.7. The summed E-state index contributed by atoms with van der Waals surface area (Å²) < 4.78 is 1.71. The summed E-state index contributed by atoms with van der Waals surface area (Å²) in [6.07, 6.45) is 3.49. The zero-order chi connectivity index (χ0) is 18.0. The van der Waals surface area contributed by atoms with Crippen molar-refractivity contribution in [2.75, 3.05) is 0 Å². The fourth-order valence-electron chi connectivity index (χ4n) is 2.19. The SMILES string of the molecule is O=C(NCc1ccccc1-n1cccn1)c1nc(Cl)c(Cl)c(Cl)c1Cl. The third-order valence-electron chi connectivity index (χ3n) is 3.38. The van der Waals surface area contributed by atoms with E-state index in [9.17, 15) is 4.79 Å². The fourth-order valence-corrected chi connectivity index (χ4v) is 3.01. The summed E-state index contributed by atoms with van der Waals surface area (Å²) in [7, 11) is 0. The van der Waals surface area contributed by atoms with Crippen molar-refractivity contribution in [3.63, 3.8) is 0 Å². The lowest BCUT2D eigenvalue weighted by Crippen LogP contribution is -2.25. The zero-order valence-electron chi connectivity index (χ0n) is 12.5. The molecule has 128 valence electrons. The van der Waals surface area contributed by atoms with Gasteiger partial charge in [0.2, 0.25) is 0 Å². The Morgan fingerprint density at radius 2 is 1.80 bits per heavy atom. The smallest absolute Gasteiger partial charge is 0.271 e. The molecule has 0 saturated heterocycles. The number of carbonyl (C=O) groups is 1.